The maximum Gasteiger partial charge on any atom is 0.178 e. The van der Waals surface area contributed by atoms with E-state index in [-0.39, 0.29) is 0 Å². The normalized spacial score (nSPS) is 11.2. The number of pyridine rings is 1. The molecule has 3 aromatic heterocycles. The summed E-state index contributed by atoms with van der Waals surface area (Å²) in [5.41, 5.74) is 10.6. The van der Waals surface area contributed by atoms with Crippen LogP contribution in [0, 0.1) is 13.8 Å². The molecule has 3 rings (SSSR count). The molecule has 0 aliphatic heterocycles. The largest absolute Gasteiger partial charge is 0.397 e. The molecular weight excluding hydrogens is 232 g/mol. The predicted molar refractivity (Wildman–Crippen MR) is 71.1 cm³/mol. The molecule has 0 atom stereocenters. The van der Waals surface area contributed by atoms with E-state index in [4.69, 9.17) is 5.73 Å². The Balaban J connectivity index is 2.21. The first kappa shape index (κ1) is 10.3. The lowest BCUT2D eigenvalue weighted by Gasteiger charge is -1.94. The molecule has 0 fully saturated rings. The summed E-state index contributed by atoms with van der Waals surface area (Å²) < 4.78 is 0. The Bertz CT molecular complexity index is 696. The minimum absolute atomic E-state index is 0.741. The number of H-pyrrole nitrogens is 1. The zero-order chi connectivity index (χ0) is 12.0. The van der Waals surface area contributed by atoms with Crippen molar-refractivity contribution in [2.24, 2.45) is 0 Å². The fourth-order valence-electron chi connectivity index (χ4n) is 1.73. The van der Waals surface area contributed by atoms with Crippen LogP contribution in [0.5, 0.6) is 0 Å². The van der Waals surface area contributed by atoms with Crippen molar-refractivity contribution in [1.29, 1.82) is 0 Å². The quantitative estimate of drug-likeness (QED) is 0.691. The van der Waals surface area contributed by atoms with Crippen LogP contribution < -0.4 is 5.73 Å². The van der Waals surface area contributed by atoms with Crippen LogP contribution in [0.4, 0.5) is 5.69 Å². The van der Waals surface area contributed by atoms with Gasteiger partial charge in [0.2, 0.25) is 0 Å². The van der Waals surface area contributed by atoms with Crippen LogP contribution in [0.3, 0.4) is 0 Å². The van der Waals surface area contributed by atoms with Crippen LogP contribution in [0.1, 0.15) is 11.3 Å². The van der Waals surface area contributed by atoms with E-state index in [1.165, 1.54) is 0 Å². The van der Waals surface area contributed by atoms with Gasteiger partial charge < -0.3 is 10.7 Å². The number of aryl methyl sites for hydroxylation is 2. The third kappa shape index (κ3) is 1.59. The molecule has 4 nitrogen and oxygen atoms in total. The third-order valence-corrected chi connectivity index (χ3v) is 3.84. The Hall–Kier alpha value is -1.88. The number of nitrogens with zero attached hydrogens (tertiary/aromatic N) is 2. The van der Waals surface area contributed by atoms with Crippen LogP contribution >= 0.6 is 11.3 Å². The van der Waals surface area contributed by atoms with Crippen molar-refractivity contribution in [1.82, 2.24) is 15.0 Å². The molecule has 5 heteroatoms. The first-order valence-corrected chi connectivity index (χ1v) is 6.20. The first-order chi connectivity index (χ1) is 8.15. The summed E-state index contributed by atoms with van der Waals surface area (Å²) in [4.78, 5) is 13.1. The SMILES string of the molecule is Cc1ccc2[nH]c(-c3scc(C)c3N)nc2n1. The molecular formula is C12H12N4S. The molecule has 0 spiro atoms. The summed E-state index contributed by atoms with van der Waals surface area (Å²) in [6.45, 7) is 3.96. The summed E-state index contributed by atoms with van der Waals surface area (Å²) in [5.74, 6) is 0.800. The second kappa shape index (κ2) is 3.56. The van der Waals surface area contributed by atoms with Crippen LogP contribution in [-0.2, 0) is 0 Å². The summed E-state index contributed by atoms with van der Waals surface area (Å²) in [7, 11) is 0. The number of imidazole rings is 1. The molecule has 0 aromatic carbocycles. The van der Waals surface area contributed by atoms with Crippen molar-refractivity contribution in [3.05, 3.63) is 28.8 Å². The second-order valence-corrected chi connectivity index (χ2v) is 4.95. The van der Waals surface area contributed by atoms with Gasteiger partial charge in [-0.25, -0.2) is 9.97 Å². The lowest BCUT2D eigenvalue weighted by Crippen LogP contribution is -1.88. The van der Waals surface area contributed by atoms with Gasteiger partial charge in [0.25, 0.3) is 0 Å². The lowest BCUT2D eigenvalue weighted by atomic mass is 10.3. The van der Waals surface area contributed by atoms with E-state index >= 15 is 0 Å². The van der Waals surface area contributed by atoms with E-state index in [9.17, 15) is 0 Å². The zero-order valence-electron chi connectivity index (χ0n) is 9.61. The van der Waals surface area contributed by atoms with E-state index in [0.717, 1.165) is 38.8 Å². The Morgan fingerprint density at radius 2 is 2.06 bits per heavy atom. The minimum atomic E-state index is 0.741. The number of fused-ring (bicyclic) bond motifs is 1. The van der Waals surface area contributed by atoms with E-state index < -0.39 is 0 Å². The molecule has 0 saturated carbocycles. The highest BCUT2D eigenvalue weighted by Crippen LogP contribution is 2.33. The Morgan fingerprint density at radius 3 is 2.76 bits per heavy atom. The number of thiophene rings is 1. The second-order valence-electron chi connectivity index (χ2n) is 4.07. The number of hydrogen-bond acceptors (Lipinski definition) is 4. The average molecular weight is 244 g/mol. The smallest absolute Gasteiger partial charge is 0.178 e. The van der Waals surface area contributed by atoms with E-state index in [2.05, 4.69) is 15.0 Å². The molecule has 3 heterocycles. The number of aromatic amines is 1. The zero-order valence-corrected chi connectivity index (χ0v) is 10.4. The molecule has 0 aliphatic carbocycles. The number of rotatable bonds is 1. The van der Waals surface area contributed by atoms with E-state index in [0.29, 0.717) is 0 Å². The topological polar surface area (TPSA) is 67.6 Å². The number of anilines is 1. The monoisotopic (exact) mass is 244 g/mol. The van der Waals surface area contributed by atoms with Gasteiger partial charge in [0.15, 0.2) is 11.5 Å². The molecule has 17 heavy (non-hydrogen) atoms. The van der Waals surface area contributed by atoms with Gasteiger partial charge in [-0.1, -0.05) is 0 Å². The highest BCUT2D eigenvalue weighted by Gasteiger charge is 2.12. The van der Waals surface area contributed by atoms with Crippen molar-refractivity contribution in [3.63, 3.8) is 0 Å². The molecule has 0 aliphatic rings. The Kier molecular flexibility index (Phi) is 2.16. The molecule has 0 saturated heterocycles. The standard InChI is InChI=1S/C12H12N4S/c1-6-5-17-10(9(6)13)12-15-8-4-3-7(2)14-11(8)16-12/h3-5H,13H2,1-2H3,(H,14,15,16). The van der Waals surface area contributed by atoms with Gasteiger partial charge in [0.1, 0.15) is 0 Å². The Morgan fingerprint density at radius 1 is 1.24 bits per heavy atom. The summed E-state index contributed by atoms with van der Waals surface area (Å²) in [5, 5.41) is 2.04. The van der Waals surface area contributed by atoms with Gasteiger partial charge in [0.05, 0.1) is 16.1 Å². The van der Waals surface area contributed by atoms with Crippen molar-refractivity contribution in [2.75, 3.05) is 5.73 Å². The van der Waals surface area contributed by atoms with E-state index in [1.807, 2.05) is 31.4 Å². The van der Waals surface area contributed by atoms with Gasteiger partial charge in [-0.15, -0.1) is 11.3 Å². The molecule has 0 bridgehead atoms. The number of nitrogen functional groups attached to an aromatic ring is 1. The summed E-state index contributed by atoms with van der Waals surface area (Å²) in [6, 6.07) is 3.96. The maximum atomic E-state index is 6.02. The van der Waals surface area contributed by atoms with Crippen LogP contribution in [0.25, 0.3) is 21.9 Å². The van der Waals surface area contributed by atoms with Gasteiger partial charge in [-0.05, 0) is 36.9 Å². The molecule has 0 amide bonds. The van der Waals surface area contributed by atoms with Crippen molar-refractivity contribution in [2.45, 2.75) is 13.8 Å². The van der Waals surface area contributed by atoms with Crippen LogP contribution in [0.15, 0.2) is 17.5 Å². The summed E-state index contributed by atoms with van der Waals surface area (Å²) in [6.07, 6.45) is 0. The fraction of sp³-hybridized carbons (Fsp3) is 0.167. The highest BCUT2D eigenvalue weighted by atomic mass is 32.1. The van der Waals surface area contributed by atoms with Gasteiger partial charge in [-0.2, -0.15) is 0 Å². The van der Waals surface area contributed by atoms with Crippen molar-refractivity contribution >= 4 is 28.2 Å². The molecule has 86 valence electrons. The van der Waals surface area contributed by atoms with Crippen molar-refractivity contribution in [3.8, 4) is 10.7 Å². The fourth-order valence-corrected chi connectivity index (χ4v) is 2.65. The predicted octanol–water partition coefficient (Wildman–Crippen LogP) is 2.89. The lowest BCUT2D eigenvalue weighted by molar-refractivity contribution is 1.22. The Labute approximate surface area is 103 Å². The van der Waals surface area contributed by atoms with Gasteiger partial charge >= 0.3 is 0 Å². The minimum Gasteiger partial charge on any atom is -0.397 e. The molecule has 3 N–H and O–H groups in total. The number of aromatic nitrogens is 3. The number of nitrogens with two attached hydrogens (primary N) is 1. The third-order valence-electron chi connectivity index (χ3n) is 2.72. The van der Waals surface area contributed by atoms with Crippen molar-refractivity contribution < 1.29 is 0 Å². The molecule has 3 aromatic rings. The highest BCUT2D eigenvalue weighted by molar-refractivity contribution is 7.14. The average Bonchev–Trinajstić information content (AvgIpc) is 2.83. The number of hydrogen-bond donors (Lipinski definition) is 2. The maximum absolute atomic E-state index is 6.02. The molecule has 0 unspecified atom stereocenters. The summed E-state index contributed by atoms with van der Waals surface area (Å²) >= 11 is 1.60. The number of nitrogens with one attached hydrogen (secondary N) is 1. The van der Waals surface area contributed by atoms with Gasteiger partial charge in [-0.3, -0.25) is 0 Å². The van der Waals surface area contributed by atoms with Crippen LogP contribution in [0.2, 0.25) is 0 Å². The van der Waals surface area contributed by atoms with E-state index in [1.54, 1.807) is 11.3 Å². The van der Waals surface area contributed by atoms with Crippen LogP contribution in [-0.4, -0.2) is 15.0 Å². The first-order valence-electron chi connectivity index (χ1n) is 5.32. The van der Waals surface area contributed by atoms with Gasteiger partial charge in [0, 0.05) is 5.69 Å². The molecule has 0 radical (unpaired) electrons.